The highest BCUT2D eigenvalue weighted by Crippen LogP contribution is 2.20. The fourth-order valence-electron chi connectivity index (χ4n) is 2.94. The van der Waals surface area contributed by atoms with Crippen molar-refractivity contribution in [3.05, 3.63) is 102 Å². The largest absolute Gasteiger partial charge is 0.331 e. The number of amides is 1. The van der Waals surface area contributed by atoms with Gasteiger partial charge in [0.25, 0.3) is 0 Å². The van der Waals surface area contributed by atoms with Gasteiger partial charge in [-0.25, -0.2) is 4.79 Å². The molecule has 27 heavy (non-hydrogen) atoms. The quantitative estimate of drug-likeness (QED) is 0.456. The van der Waals surface area contributed by atoms with Crippen LogP contribution in [0.3, 0.4) is 0 Å². The number of carbonyl (C=O) groups excluding carboxylic acids is 1. The van der Waals surface area contributed by atoms with Crippen molar-refractivity contribution < 1.29 is 4.79 Å². The molecule has 130 valence electrons. The molecular weight excluding hydrogens is 332 g/mol. The SMILES string of the molecule is Cc1ccc(NC(=O)n2c(C#Cc3ccccc3)cc3ccccc32)cc1. The van der Waals surface area contributed by atoms with Crippen molar-refractivity contribution in [1.82, 2.24) is 4.57 Å². The number of nitrogens with one attached hydrogen (secondary N) is 1. The van der Waals surface area contributed by atoms with E-state index in [9.17, 15) is 4.79 Å². The van der Waals surface area contributed by atoms with Gasteiger partial charge in [-0.05, 0) is 49.2 Å². The van der Waals surface area contributed by atoms with Crippen LogP contribution in [0.5, 0.6) is 0 Å². The van der Waals surface area contributed by atoms with E-state index in [2.05, 4.69) is 17.2 Å². The van der Waals surface area contributed by atoms with Crippen molar-refractivity contribution in [1.29, 1.82) is 0 Å². The van der Waals surface area contributed by atoms with Gasteiger partial charge in [-0.1, -0.05) is 60.0 Å². The first-order valence-electron chi connectivity index (χ1n) is 8.76. The molecule has 1 heterocycles. The minimum Gasteiger partial charge on any atom is -0.307 e. The van der Waals surface area contributed by atoms with E-state index in [4.69, 9.17) is 0 Å². The van der Waals surface area contributed by atoms with Crippen LogP contribution in [0.25, 0.3) is 10.9 Å². The van der Waals surface area contributed by atoms with Crippen LogP contribution in [-0.4, -0.2) is 10.6 Å². The molecule has 0 aliphatic heterocycles. The van der Waals surface area contributed by atoms with Crippen LogP contribution in [0, 0.1) is 18.8 Å². The smallest absolute Gasteiger partial charge is 0.307 e. The Kier molecular flexibility index (Phi) is 4.47. The average Bonchev–Trinajstić information content (AvgIpc) is 3.07. The highest BCUT2D eigenvalue weighted by atomic mass is 16.2. The fraction of sp³-hybridized carbons (Fsp3) is 0.0417. The van der Waals surface area contributed by atoms with Crippen LogP contribution in [0.4, 0.5) is 10.5 Å². The Labute approximate surface area is 158 Å². The highest BCUT2D eigenvalue weighted by molar-refractivity contribution is 6.00. The summed E-state index contributed by atoms with van der Waals surface area (Å²) in [7, 11) is 0. The van der Waals surface area contributed by atoms with E-state index < -0.39 is 0 Å². The van der Waals surface area contributed by atoms with Gasteiger partial charge >= 0.3 is 6.03 Å². The Bertz CT molecular complexity index is 1160. The molecule has 3 aromatic carbocycles. The Balaban J connectivity index is 1.75. The van der Waals surface area contributed by atoms with E-state index in [1.165, 1.54) is 0 Å². The Hall–Kier alpha value is -3.77. The number of aromatic nitrogens is 1. The summed E-state index contributed by atoms with van der Waals surface area (Å²) >= 11 is 0. The second-order valence-electron chi connectivity index (χ2n) is 6.34. The van der Waals surface area contributed by atoms with Crippen molar-refractivity contribution >= 4 is 22.6 Å². The normalized spacial score (nSPS) is 10.3. The number of anilines is 1. The van der Waals surface area contributed by atoms with Crippen molar-refractivity contribution in [2.24, 2.45) is 0 Å². The summed E-state index contributed by atoms with van der Waals surface area (Å²) in [5.74, 6) is 6.28. The topological polar surface area (TPSA) is 34.0 Å². The van der Waals surface area contributed by atoms with E-state index in [0.717, 1.165) is 27.7 Å². The molecule has 1 N–H and O–H groups in total. The minimum atomic E-state index is -0.225. The van der Waals surface area contributed by atoms with Gasteiger partial charge in [-0.2, -0.15) is 0 Å². The van der Waals surface area contributed by atoms with E-state index in [1.54, 1.807) is 4.57 Å². The summed E-state index contributed by atoms with van der Waals surface area (Å²) in [5.41, 5.74) is 4.30. The number of carbonyl (C=O) groups is 1. The van der Waals surface area contributed by atoms with Crippen LogP contribution in [-0.2, 0) is 0 Å². The summed E-state index contributed by atoms with van der Waals surface area (Å²) in [6, 6.07) is 27.0. The zero-order chi connectivity index (χ0) is 18.6. The van der Waals surface area contributed by atoms with Crippen LogP contribution < -0.4 is 5.32 Å². The second-order valence-corrected chi connectivity index (χ2v) is 6.34. The molecule has 3 heteroatoms. The summed E-state index contributed by atoms with van der Waals surface area (Å²) in [4.78, 5) is 13.0. The van der Waals surface area contributed by atoms with E-state index >= 15 is 0 Å². The number of rotatable bonds is 1. The molecule has 0 saturated heterocycles. The molecule has 0 bridgehead atoms. The first-order chi connectivity index (χ1) is 13.2. The third-order valence-corrected chi connectivity index (χ3v) is 4.33. The maximum Gasteiger partial charge on any atom is 0.331 e. The van der Waals surface area contributed by atoms with Crippen molar-refractivity contribution in [2.75, 3.05) is 5.32 Å². The number of nitrogens with zero attached hydrogens (tertiary/aromatic N) is 1. The molecule has 0 radical (unpaired) electrons. The minimum absolute atomic E-state index is 0.225. The third-order valence-electron chi connectivity index (χ3n) is 4.33. The molecule has 1 aromatic heterocycles. The molecule has 4 aromatic rings. The average molecular weight is 350 g/mol. The number of hydrogen-bond donors (Lipinski definition) is 1. The molecule has 3 nitrogen and oxygen atoms in total. The Morgan fingerprint density at radius 1 is 0.852 bits per heavy atom. The van der Waals surface area contributed by atoms with E-state index in [0.29, 0.717) is 5.69 Å². The lowest BCUT2D eigenvalue weighted by atomic mass is 10.2. The highest BCUT2D eigenvalue weighted by Gasteiger charge is 2.14. The molecule has 0 aliphatic carbocycles. The Morgan fingerprint density at radius 2 is 1.56 bits per heavy atom. The lowest BCUT2D eigenvalue weighted by molar-refractivity contribution is 0.254. The molecule has 0 spiro atoms. The lowest BCUT2D eigenvalue weighted by Gasteiger charge is -2.09. The molecular formula is C24H18N2O. The molecule has 0 saturated carbocycles. The van der Waals surface area contributed by atoms with Crippen molar-refractivity contribution in [2.45, 2.75) is 6.92 Å². The molecule has 0 aliphatic rings. The van der Waals surface area contributed by atoms with Gasteiger partial charge in [0, 0.05) is 16.6 Å². The molecule has 0 fully saturated rings. The van der Waals surface area contributed by atoms with Gasteiger partial charge in [-0.15, -0.1) is 0 Å². The maximum absolute atomic E-state index is 13.0. The molecule has 4 rings (SSSR count). The number of hydrogen-bond acceptors (Lipinski definition) is 1. The zero-order valence-electron chi connectivity index (χ0n) is 14.9. The monoisotopic (exact) mass is 350 g/mol. The standard InChI is InChI=1S/C24H18N2O/c1-18-11-14-21(15-12-18)25-24(27)26-22(16-13-19-7-3-2-4-8-19)17-20-9-5-6-10-23(20)26/h2-12,14-15,17H,1H3,(H,25,27). The predicted molar refractivity (Wildman–Crippen MR) is 110 cm³/mol. The molecule has 0 atom stereocenters. The summed E-state index contributed by atoms with van der Waals surface area (Å²) < 4.78 is 1.63. The number of aryl methyl sites for hydroxylation is 1. The van der Waals surface area contributed by atoms with Gasteiger partial charge in [0.1, 0.15) is 5.69 Å². The molecule has 1 amide bonds. The fourth-order valence-corrected chi connectivity index (χ4v) is 2.94. The van der Waals surface area contributed by atoms with Crippen molar-refractivity contribution in [3.8, 4) is 11.8 Å². The predicted octanol–water partition coefficient (Wildman–Crippen LogP) is 5.43. The van der Waals surface area contributed by atoms with E-state index in [-0.39, 0.29) is 6.03 Å². The second kappa shape index (κ2) is 7.23. The lowest BCUT2D eigenvalue weighted by Crippen LogP contribution is -2.20. The maximum atomic E-state index is 13.0. The Morgan fingerprint density at radius 3 is 2.33 bits per heavy atom. The van der Waals surface area contributed by atoms with Gasteiger partial charge in [0.15, 0.2) is 0 Å². The first-order valence-corrected chi connectivity index (χ1v) is 8.76. The van der Waals surface area contributed by atoms with Gasteiger partial charge in [-0.3, -0.25) is 4.57 Å². The van der Waals surface area contributed by atoms with Gasteiger partial charge in [0.2, 0.25) is 0 Å². The van der Waals surface area contributed by atoms with Gasteiger partial charge in [0.05, 0.1) is 5.52 Å². The number of benzene rings is 3. The summed E-state index contributed by atoms with van der Waals surface area (Å²) in [5, 5.41) is 3.94. The van der Waals surface area contributed by atoms with Crippen LogP contribution in [0.15, 0.2) is 84.9 Å². The summed E-state index contributed by atoms with van der Waals surface area (Å²) in [6.07, 6.45) is 0. The van der Waals surface area contributed by atoms with Crippen LogP contribution >= 0.6 is 0 Å². The number of fused-ring (bicyclic) bond motifs is 1. The van der Waals surface area contributed by atoms with Crippen LogP contribution in [0.1, 0.15) is 16.8 Å². The third kappa shape index (κ3) is 3.61. The number of para-hydroxylation sites is 1. The zero-order valence-corrected chi connectivity index (χ0v) is 14.9. The van der Waals surface area contributed by atoms with Gasteiger partial charge < -0.3 is 5.32 Å². The van der Waals surface area contributed by atoms with Crippen LogP contribution in [0.2, 0.25) is 0 Å². The first kappa shape index (κ1) is 16.7. The summed E-state index contributed by atoms with van der Waals surface area (Å²) in [6.45, 7) is 2.02. The molecule has 0 unspecified atom stereocenters. The van der Waals surface area contributed by atoms with Crippen molar-refractivity contribution in [3.63, 3.8) is 0 Å². The van der Waals surface area contributed by atoms with E-state index in [1.807, 2.05) is 91.9 Å².